The van der Waals surface area contributed by atoms with Gasteiger partial charge in [0.25, 0.3) is 0 Å². The van der Waals surface area contributed by atoms with Crippen molar-refractivity contribution < 1.29 is 9.90 Å². The number of rotatable bonds is 5. The van der Waals surface area contributed by atoms with Crippen molar-refractivity contribution in [2.24, 2.45) is 0 Å². The largest absolute Gasteiger partial charge is 0.478 e. The summed E-state index contributed by atoms with van der Waals surface area (Å²) < 4.78 is 1.87. The van der Waals surface area contributed by atoms with Crippen molar-refractivity contribution in [3.05, 3.63) is 52.8 Å². The van der Waals surface area contributed by atoms with Crippen LogP contribution in [-0.2, 0) is 13.0 Å². The lowest BCUT2D eigenvalue weighted by Gasteiger charge is -2.06. The summed E-state index contributed by atoms with van der Waals surface area (Å²) in [5.74, 6) is -0.494. The van der Waals surface area contributed by atoms with Gasteiger partial charge in [0.1, 0.15) is 5.56 Å². The molecule has 1 fully saturated rings. The molecule has 3 rings (SSSR count). The molecule has 0 saturated heterocycles. The highest BCUT2D eigenvalue weighted by Gasteiger charge is 2.33. The first-order valence-corrected chi connectivity index (χ1v) is 7.07. The second-order valence-electron chi connectivity index (χ2n) is 5.28. The van der Waals surface area contributed by atoms with Crippen LogP contribution in [-0.4, -0.2) is 20.9 Å². The molecule has 20 heavy (non-hydrogen) atoms. The number of hydrogen-bond acceptors (Lipinski definition) is 2. The fourth-order valence-electron chi connectivity index (χ4n) is 2.64. The van der Waals surface area contributed by atoms with Gasteiger partial charge in [-0.25, -0.2) is 4.79 Å². The molecule has 1 aliphatic rings. The van der Waals surface area contributed by atoms with E-state index in [1.165, 1.54) is 0 Å². The zero-order valence-electron chi connectivity index (χ0n) is 11.5. The van der Waals surface area contributed by atoms with E-state index in [0.717, 1.165) is 29.8 Å². The van der Waals surface area contributed by atoms with Gasteiger partial charge in [0, 0.05) is 5.92 Å². The minimum Gasteiger partial charge on any atom is -0.478 e. The maximum atomic E-state index is 11.5. The molecule has 4 nitrogen and oxygen atoms in total. The molecule has 0 amide bonds. The number of hydrogen-bond donors (Lipinski definition) is 1. The van der Waals surface area contributed by atoms with Crippen molar-refractivity contribution in [1.82, 2.24) is 9.78 Å². The summed E-state index contributed by atoms with van der Waals surface area (Å²) in [4.78, 5) is 11.5. The Morgan fingerprint density at radius 1 is 1.35 bits per heavy atom. The average molecular weight is 270 g/mol. The zero-order valence-corrected chi connectivity index (χ0v) is 11.5. The van der Waals surface area contributed by atoms with E-state index >= 15 is 0 Å². The number of carbonyl (C=O) groups is 1. The van der Waals surface area contributed by atoms with Gasteiger partial charge in [-0.05, 0) is 24.8 Å². The molecule has 0 atom stereocenters. The van der Waals surface area contributed by atoms with Crippen LogP contribution in [0.1, 0.15) is 53.0 Å². The molecule has 0 radical (unpaired) electrons. The number of carboxylic acids is 1. The highest BCUT2D eigenvalue weighted by atomic mass is 16.4. The van der Waals surface area contributed by atoms with Crippen LogP contribution in [0.25, 0.3) is 0 Å². The monoisotopic (exact) mass is 270 g/mol. The fraction of sp³-hybridized carbons (Fsp3) is 0.375. The van der Waals surface area contributed by atoms with Crippen molar-refractivity contribution in [1.29, 1.82) is 0 Å². The molecule has 0 bridgehead atoms. The highest BCUT2D eigenvalue weighted by molar-refractivity contribution is 5.90. The Morgan fingerprint density at radius 3 is 2.60 bits per heavy atom. The highest BCUT2D eigenvalue weighted by Crippen LogP contribution is 2.41. The van der Waals surface area contributed by atoms with Crippen LogP contribution >= 0.6 is 0 Å². The van der Waals surface area contributed by atoms with Gasteiger partial charge >= 0.3 is 5.97 Å². The van der Waals surface area contributed by atoms with Crippen molar-refractivity contribution in [2.45, 2.75) is 38.6 Å². The van der Waals surface area contributed by atoms with E-state index in [2.05, 4.69) is 5.10 Å². The number of aromatic nitrogens is 2. The smallest absolute Gasteiger partial charge is 0.339 e. The molecule has 1 aliphatic carbocycles. The standard InChI is InChI=1S/C16H18N2O2/c1-2-13-14(16(19)20)15(12-8-9-12)17-18(13)10-11-6-4-3-5-7-11/h3-7,12H,2,8-10H2,1H3,(H,19,20). The summed E-state index contributed by atoms with van der Waals surface area (Å²) in [5, 5.41) is 14.1. The summed E-state index contributed by atoms with van der Waals surface area (Å²) >= 11 is 0. The molecule has 0 spiro atoms. The van der Waals surface area contributed by atoms with E-state index in [4.69, 9.17) is 0 Å². The van der Waals surface area contributed by atoms with Crippen molar-refractivity contribution in [3.63, 3.8) is 0 Å². The predicted molar refractivity (Wildman–Crippen MR) is 76.1 cm³/mol. The summed E-state index contributed by atoms with van der Waals surface area (Å²) in [7, 11) is 0. The molecule has 1 aromatic heterocycles. The fourth-order valence-corrected chi connectivity index (χ4v) is 2.64. The molecule has 1 aromatic carbocycles. The van der Waals surface area contributed by atoms with E-state index in [0.29, 0.717) is 24.4 Å². The van der Waals surface area contributed by atoms with E-state index in [-0.39, 0.29) is 0 Å². The van der Waals surface area contributed by atoms with E-state index in [1.54, 1.807) is 0 Å². The third kappa shape index (κ3) is 2.33. The first-order valence-electron chi connectivity index (χ1n) is 7.07. The maximum absolute atomic E-state index is 11.5. The van der Waals surface area contributed by atoms with Crippen LogP contribution in [0.15, 0.2) is 30.3 Å². The Hall–Kier alpha value is -2.10. The zero-order chi connectivity index (χ0) is 14.1. The maximum Gasteiger partial charge on any atom is 0.339 e. The van der Waals surface area contributed by atoms with Crippen LogP contribution in [0.3, 0.4) is 0 Å². The van der Waals surface area contributed by atoms with E-state index in [9.17, 15) is 9.90 Å². The molecular weight excluding hydrogens is 252 g/mol. The van der Waals surface area contributed by atoms with Crippen molar-refractivity contribution in [2.75, 3.05) is 0 Å². The number of carboxylic acid groups (broad SMARTS) is 1. The SMILES string of the molecule is CCc1c(C(=O)O)c(C2CC2)nn1Cc1ccccc1. The minimum absolute atomic E-state index is 0.350. The molecule has 2 aromatic rings. The number of aromatic carboxylic acids is 1. The Kier molecular flexibility index (Phi) is 3.30. The topological polar surface area (TPSA) is 55.1 Å². The second-order valence-corrected chi connectivity index (χ2v) is 5.28. The summed E-state index contributed by atoms with van der Waals surface area (Å²) in [5.41, 5.74) is 3.20. The average Bonchev–Trinajstić information content (AvgIpc) is 3.22. The van der Waals surface area contributed by atoms with Gasteiger partial charge in [0.05, 0.1) is 17.9 Å². The first kappa shape index (κ1) is 12.9. The summed E-state index contributed by atoms with van der Waals surface area (Å²) in [6.07, 6.45) is 2.81. The summed E-state index contributed by atoms with van der Waals surface area (Å²) in [6.45, 7) is 2.62. The molecule has 4 heteroatoms. The van der Waals surface area contributed by atoms with Gasteiger partial charge in [-0.15, -0.1) is 0 Å². The van der Waals surface area contributed by atoms with Gasteiger partial charge in [-0.3, -0.25) is 4.68 Å². The lowest BCUT2D eigenvalue weighted by Crippen LogP contribution is -2.08. The molecule has 1 heterocycles. The third-order valence-electron chi connectivity index (χ3n) is 3.77. The Balaban J connectivity index is 2.02. The van der Waals surface area contributed by atoms with Gasteiger partial charge in [-0.2, -0.15) is 5.10 Å². The lowest BCUT2D eigenvalue weighted by atomic mass is 10.1. The van der Waals surface area contributed by atoms with Crippen LogP contribution in [0.5, 0.6) is 0 Å². The third-order valence-corrected chi connectivity index (χ3v) is 3.77. The normalized spacial score (nSPS) is 14.4. The first-order chi connectivity index (χ1) is 9.70. The van der Waals surface area contributed by atoms with E-state index < -0.39 is 5.97 Å². The molecule has 0 aliphatic heterocycles. The quantitative estimate of drug-likeness (QED) is 0.908. The van der Waals surface area contributed by atoms with Gasteiger partial charge < -0.3 is 5.11 Å². The second kappa shape index (κ2) is 5.12. The molecule has 1 N–H and O–H groups in total. The molecule has 104 valence electrons. The minimum atomic E-state index is -0.844. The van der Waals surface area contributed by atoms with Gasteiger partial charge in [0.15, 0.2) is 0 Å². The number of benzene rings is 1. The Morgan fingerprint density at radius 2 is 2.05 bits per heavy atom. The molecule has 1 saturated carbocycles. The van der Waals surface area contributed by atoms with Crippen LogP contribution in [0.2, 0.25) is 0 Å². The van der Waals surface area contributed by atoms with Crippen molar-refractivity contribution >= 4 is 5.97 Å². The van der Waals surface area contributed by atoms with Crippen LogP contribution in [0.4, 0.5) is 0 Å². The number of nitrogens with zero attached hydrogens (tertiary/aromatic N) is 2. The van der Waals surface area contributed by atoms with E-state index in [1.807, 2.05) is 41.9 Å². The summed E-state index contributed by atoms with van der Waals surface area (Å²) in [6, 6.07) is 10.0. The van der Waals surface area contributed by atoms with Crippen molar-refractivity contribution in [3.8, 4) is 0 Å². The van der Waals surface area contributed by atoms with Crippen LogP contribution < -0.4 is 0 Å². The van der Waals surface area contributed by atoms with Gasteiger partial charge in [-0.1, -0.05) is 37.3 Å². The lowest BCUT2D eigenvalue weighted by molar-refractivity contribution is 0.0694. The Bertz CT molecular complexity index is 627. The van der Waals surface area contributed by atoms with Crippen LogP contribution in [0, 0.1) is 0 Å². The van der Waals surface area contributed by atoms with Gasteiger partial charge in [0.2, 0.25) is 0 Å². The molecule has 0 unspecified atom stereocenters. The Labute approximate surface area is 118 Å². The molecular formula is C16H18N2O2. The predicted octanol–water partition coefficient (Wildman–Crippen LogP) is 3.07.